The van der Waals surface area contributed by atoms with Crippen molar-refractivity contribution in [3.63, 3.8) is 0 Å². The van der Waals surface area contributed by atoms with Crippen LogP contribution in [0.25, 0.3) is 9.98 Å². The van der Waals surface area contributed by atoms with Crippen LogP contribution in [-0.2, 0) is 0 Å². The summed E-state index contributed by atoms with van der Waals surface area (Å²) < 4.78 is 1.60. The first-order chi connectivity index (χ1) is 9.99. The summed E-state index contributed by atoms with van der Waals surface area (Å²) in [7, 11) is 0. The van der Waals surface area contributed by atoms with Gasteiger partial charge in [0.05, 0.1) is 0 Å². The van der Waals surface area contributed by atoms with Crippen molar-refractivity contribution in [2.45, 2.75) is 25.4 Å². The van der Waals surface area contributed by atoms with Gasteiger partial charge in [-0.05, 0) is 0 Å². The van der Waals surface area contributed by atoms with Crippen LogP contribution in [0.3, 0.4) is 0 Å². The van der Waals surface area contributed by atoms with E-state index in [0.717, 1.165) is 0 Å². The zero-order chi connectivity index (χ0) is 15.0. The van der Waals surface area contributed by atoms with Crippen molar-refractivity contribution in [3.8, 4) is 0 Å². The van der Waals surface area contributed by atoms with Crippen LogP contribution in [0.2, 0.25) is 11.5 Å². The van der Waals surface area contributed by atoms with Gasteiger partial charge in [0.1, 0.15) is 0 Å². The Kier molecular flexibility index (Phi) is 3.66. The molecule has 0 saturated carbocycles. The Morgan fingerprint density at radius 2 is 1.24 bits per heavy atom. The molecule has 0 N–H and O–H groups in total. The second kappa shape index (κ2) is 5.34. The van der Waals surface area contributed by atoms with Gasteiger partial charge in [-0.2, -0.15) is 0 Å². The van der Waals surface area contributed by atoms with Crippen molar-refractivity contribution < 1.29 is 0 Å². The number of aryl methyl sites for hydroxylation is 2. The summed E-state index contributed by atoms with van der Waals surface area (Å²) in [5.41, 5.74) is 7.02. The molecule has 1 aliphatic heterocycles. The van der Waals surface area contributed by atoms with E-state index in [9.17, 15) is 0 Å². The van der Waals surface area contributed by atoms with Gasteiger partial charge in [-0.1, -0.05) is 0 Å². The van der Waals surface area contributed by atoms with Crippen molar-refractivity contribution in [2.24, 2.45) is 0 Å². The van der Waals surface area contributed by atoms with Crippen molar-refractivity contribution in [1.29, 1.82) is 0 Å². The van der Waals surface area contributed by atoms with Crippen LogP contribution >= 0.6 is 0 Å². The van der Waals surface area contributed by atoms with Crippen molar-refractivity contribution >= 4 is 23.2 Å². The maximum absolute atomic E-state index is 2.59. The van der Waals surface area contributed by atoms with E-state index in [2.05, 4.69) is 84.9 Å². The fourth-order valence-corrected chi connectivity index (χ4v) is 8.81. The number of allylic oxidation sites excluding steroid dienone is 2. The van der Waals surface area contributed by atoms with Crippen molar-refractivity contribution in [1.82, 2.24) is 0 Å². The number of hydrogen-bond acceptors (Lipinski definition) is 0. The van der Waals surface area contributed by atoms with Gasteiger partial charge < -0.3 is 0 Å². The average Bonchev–Trinajstić information content (AvgIpc) is 2.75. The molecule has 2 aromatic carbocycles. The van der Waals surface area contributed by atoms with Crippen LogP contribution in [0, 0.1) is 13.8 Å². The summed E-state index contributed by atoms with van der Waals surface area (Å²) in [6, 6.07) is 17.5. The second-order valence-electron chi connectivity index (χ2n) is 6.51. The van der Waals surface area contributed by atoms with E-state index in [4.69, 9.17) is 0 Å². The molecule has 0 amide bonds. The van der Waals surface area contributed by atoms with E-state index < -0.39 is 13.3 Å². The quantitative estimate of drug-likeness (QED) is 0.630. The monoisotopic (exact) mass is 336 g/mol. The Bertz CT molecular complexity index is 748. The summed E-state index contributed by atoms with van der Waals surface area (Å²) in [4.78, 5) is 2.59. The minimum atomic E-state index is -2.07. The van der Waals surface area contributed by atoms with Crippen LogP contribution in [0.15, 0.2) is 59.5 Å². The third-order valence-electron chi connectivity index (χ3n) is 4.40. The van der Waals surface area contributed by atoms with Gasteiger partial charge in [0.2, 0.25) is 0 Å². The molecule has 1 aliphatic rings. The third kappa shape index (κ3) is 2.65. The Morgan fingerprint density at radius 3 is 1.81 bits per heavy atom. The molecule has 0 fully saturated rings. The Balaban J connectivity index is 2.11. The van der Waals surface area contributed by atoms with E-state index in [-0.39, 0.29) is 0 Å². The van der Waals surface area contributed by atoms with Gasteiger partial charge in [0, 0.05) is 0 Å². The van der Waals surface area contributed by atoms with Gasteiger partial charge >= 0.3 is 130 Å². The zero-order valence-electron chi connectivity index (χ0n) is 13.3. The van der Waals surface area contributed by atoms with E-state index in [1.54, 1.807) is 4.41 Å². The standard InChI is InChI=1S/C20H22Ge/c1-15-9-5-7-11-18(15)17-13-20(21(3,4)14-17)19-12-8-6-10-16(19)2/h5-14H,1-4H3. The average molecular weight is 335 g/mol. The molecule has 106 valence electrons. The van der Waals surface area contributed by atoms with Gasteiger partial charge in [0.25, 0.3) is 0 Å². The molecule has 21 heavy (non-hydrogen) atoms. The summed E-state index contributed by atoms with van der Waals surface area (Å²) in [5, 5.41) is 0. The number of rotatable bonds is 2. The second-order valence-corrected chi connectivity index (χ2v) is 15.5. The fraction of sp³-hybridized carbons (Fsp3) is 0.200. The summed E-state index contributed by atoms with van der Waals surface area (Å²) in [5.74, 6) is 4.98. The topological polar surface area (TPSA) is 0 Å². The summed E-state index contributed by atoms with van der Waals surface area (Å²) in [6.07, 6.45) is 2.45. The molecular formula is C20H22Ge. The predicted molar refractivity (Wildman–Crippen MR) is 95.8 cm³/mol. The van der Waals surface area contributed by atoms with Gasteiger partial charge in [0.15, 0.2) is 0 Å². The van der Waals surface area contributed by atoms with Crippen LogP contribution < -0.4 is 0 Å². The van der Waals surface area contributed by atoms with Gasteiger partial charge in [-0.25, -0.2) is 0 Å². The van der Waals surface area contributed by atoms with E-state index in [0.29, 0.717) is 0 Å². The third-order valence-corrected chi connectivity index (χ3v) is 10.3. The SMILES string of the molecule is Cc1ccccc1C1=[CH][Ge]([CH3])([CH3])[C](c2ccccc2C)=C1. The summed E-state index contributed by atoms with van der Waals surface area (Å²) in [6.45, 7) is 4.43. The molecule has 0 aromatic heterocycles. The van der Waals surface area contributed by atoms with E-state index >= 15 is 0 Å². The van der Waals surface area contributed by atoms with Gasteiger partial charge in [-0.3, -0.25) is 0 Å². The number of hydrogen-bond donors (Lipinski definition) is 0. The summed E-state index contributed by atoms with van der Waals surface area (Å²) >= 11 is -2.07. The molecule has 1 heteroatoms. The maximum atomic E-state index is 2.59. The molecule has 0 saturated heterocycles. The molecule has 0 aliphatic carbocycles. The normalized spacial score (nSPS) is 16.6. The molecule has 0 atom stereocenters. The van der Waals surface area contributed by atoms with Crippen LogP contribution in [-0.4, -0.2) is 13.3 Å². The van der Waals surface area contributed by atoms with Crippen LogP contribution in [0.1, 0.15) is 22.3 Å². The minimum absolute atomic E-state index is 1.37. The molecule has 0 nitrogen and oxygen atoms in total. The molecule has 0 unspecified atom stereocenters. The first kappa shape index (κ1) is 14.4. The molecule has 0 spiro atoms. The number of benzene rings is 2. The zero-order valence-corrected chi connectivity index (χ0v) is 15.4. The molecular weight excluding hydrogens is 313 g/mol. The Hall–Kier alpha value is -1.54. The molecule has 3 rings (SSSR count). The van der Waals surface area contributed by atoms with E-state index in [1.807, 2.05) is 0 Å². The van der Waals surface area contributed by atoms with Crippen molar-refractivity contribution in [3.05, 3.63) is 81.8 Å². The first-order valence-corrected chi connectivity index (χ1v) is 14.0. The van der Waals surface area contributed by atoms with Crippen LogP contribution in [0.4, 0.5) is 0 Å². The molecule has 0 radical (unpaired) electrons. The fourth-order valence-electron chi connectivity index (χ4n) is 3.20. The van der Waals surface area contributed by atoms with Crippen molar-refractivity contribution in [2.75, 3.05) is 0 Å². The first-order valence-electron chi connectivity index (χ1n) is 7.56. The van der Waals surface area contributed by atoms with Gasteiger partial charge in [-0.15, -0.1) is 0 Å². The molecule has 0 bridgehead atoms. The molecule has 1 heterocycles. The Morgan fingerprint density at radius 1 is 0.714 bits per heavy atom. The molecule has 2 aromatic rings. The Labute approximate surface area is 130 Å². The van der Waals surface area contributed by atoms with Crippen LogP contribution in [0.5, 0.6) is 0 Å². The predicted octanol–water partition coefficient (Wildman–Crippen LogP) is 5.57. The van der Waals surface area contributed by atoms with E-state index in [1.165, 1.54) is 27.8 Å².